The van der Waals surface area contributed by atoms with E-state index in [-0.39, 0.29) is 0 Å². The average molecular weight is 321 g/mol. The molecule has 23 heavy (non-hydrogen) atoms. The summed E-state index contributed by atoms with van der Waals surface area (Å²) in [4.78, 5) is 0. The fourth-order valence-corrected chi connectivity index (χ4v) is 1.82. The number of methoxy groups -OCH3 is 1. The Labute approximate surface area is 138 Å². The van der Waals surface area contributed by atoms with Gasteiger partial charge in [-0.2, -0.15) is 0 Å². The molecule has 1 aromatic carbocycles. The molecule has 0 radical (unpaired) electrons. The van der Waals surface area contributed by atoms with Gasteiger partial charge in [-0.3, -0.25) is 0 Å². The van der Waals surface area contributed by atoms with Gasteiger partial charge in [0.2, 0.25) is 0 Å². The van der Waals surface area contributed by atoms with Crippen molar-refractivity contribution < 1.29 is 19.3 Å². The quantitative estimate of drug-likeness (QED) is 0.456. The lowest BCUT2D eigenvalue weighted by Gasteiger charge is -2.13. The van der Waals surface area contributed by atoms with Crippen LogP contribution in [-0.4, -0.2) is 51.2 Å². The summed E-state index contributed by atoms with van der Waals surface area (Å²) in [5.74, 6) is 1.43. The van der Waals surface area contributed by atoms with Gasteiger partial charge in [-0.15, -0.1) is 0 Å². The van der Waals surface area contributed by atoms with Crippen LogP contribution in [-0.2, 0) is 4.74 Å². The number of aliphatic hydroxyl groups excluding tert-OH is 1. The van der Waals surface area contributed by atoms with Crippen molar-refractivity contribution in [1.82, 2.24) is 5.32 Å². The van der Waals surface area contributed by atoms with Crippen molar-refractivity contribution in [3.05, 3.63) is 48.6 Å². The molecule has 0 saturated heterocycles. The standard InChI is InChI=1S/C18H27NO4/c1-3-4-5-8-12-22-15-16(20)14-19-11-13-23-18-10-7-6-9-17(18)21-2/h3-10,16,19-20H,11-15H2,1-2H3/b4-3+,8-5+/t16-/m0/s1. The number of aliphatic hydroxyl groups is 1. The van der Waals surface area contributed by atoms with Crippen LogP contribution in [0, 0.1) is 0 Å². The van der Waals surface area contributed by atoms with E-state index in [0.717, 1.165) is 0 Å². The number of hydrogen-bond donors (Lipinski definition) is 2. The summed E-state index contributed by atoms with van der Waals surface area (Å²) in [5.41, 5.74) is 0. The van der Waals surface area contributed by atoms with Crippen molar-refractivity contribution in [1.29, 1.82) is 0 Å². The summed E-state index contributed by atoms with van der Waals surface area (Å²) in [6.45, 7) is 4.36. The molecule has 0 heterocycles. The van der Waals surface area contributed by atoms with Crippen LogP contribution in [0.2, 0.25) is 0 Å². The van der Waals surface area contributed by atoms with E-state index in [4.69, 9.17) is 14.2 Å². The number of benzene rings is 1. The highest BCUT2D eigenvalue weighted by Crippen LogP contribution is 2.25. The summed E-state index contributed by atoms with van der Waals surface area (Å²) in [7, 11) is 1.62. The van der Waals surface area contributed by atoms with Crippen molar-refractivity contribution in [3.8, 4) is 11.5 Å². The van der Waals surface area contributed by atoms with Crippen molar-refractivity contribution >= 4 is 0 Å². The van der Waals surface area contributed by atoms with Gasteiger partial charge in [0.25, 0.3) is 0 Å². The molecule has 0 aliphatic rings. The molecule has 5 heteroatoms. The Kier molecular flexibility index (Phi) is 10.6. The van der Waals surface area contributed by atoms with E-state index < -0.39 is 6.10 Å². The number of rotatable bonds is 12. The van der Waals surface area contributed by atoms with Crippen molar-refractivity contribution in [2.45, 2.75) is 13.0 Å². The molecule has 5 nitrogen and oxygen atoms in total. The second-order valence-corrected chi connectivity index (χ2v) is 4.85. The largest absolute Gasteiger partial charge is 0.493 e. The first kappa shape index (κ1) is 19.2. The van der Waals surface area contributed by atoms with Gasteiger partial charge < -0.3 is 24.6 Å². The first-order chi connectivity index (χ1) is 11.3. The highest BCUT2D eigenvalue weighted by Gasteiger charge is 2.04. The summed E-state index contributed by atoms with van der Waals surface area (Å²) < 4.78 is 16.2. The number of allylic oxidation sites excluding steroid dienone is 3. The van der Waals surface area contributed by atoms with Crippen LogP contribution in [0.4, 0.5) is 0 Å². The smallest absolute Gasteiger partial charge is 0.161 e. The Morgan fingerprint density at radius 2 is 2.00 bits per heavy atom. The first-order valence-electron chi connectivity index (χ1n) is 7.78. The van der Waals surface area contributed by atoms with Crippen LogP contribution in [0.3, 0.4) is 0 Å². The molecule has 0 fully saturated rings. The van der Waals surface area contributed by atoms with E-state index in [2.05, 4.69) is 5.32 Å². The fraction of sp³-hybridized carbons (Fsp3) is 0.444. The zero-order valence-electron chi connectivity index (χ0n) is 13.9. The predicted molar refractivity (Wildman–Crippen MR) is 92.1 cm³/mol. The molecule has 0 unspecified atom stereocenters. The molecule has 0 aliphatic heterocycles. The zero-order valence-corrected chi connectivity index (χ0v) is 13.9. The van der Waals surface area contributed by atoms with Crippen LogP contribution < -0.4 is 14.8 Å². The van der Waals surface area contributed by atoms with Crippen LogP contribution in [0.5, 0.6) is 11.5 Å². The molecule has 0 amide bonds. The second kappa shape index (κ2) is 12.7. The van der Waals surface area contributed by atoms with E-state index in [0.29, 0.717) is 44.4 Å². The Morgan fingerprint density at radius 1 is 1.22 bits per heavy atom. The first-order valence-corrected chi connectivity index (χ1v) is 7.78. The Balaban J connectivity index is 2.06. The van der Waals surface area contributed by atoms with Gasteiger partial charge in [-0.25, -0.2) is 0 Å². The molecule has 1 rings (SSSR count). The molecule has 128 valence electrons. The minimum Gasteiger partial charge on any atom is -0.493 e. The van der Waals surface area contributed by atoms with Gasteiger partial charge in [0.05, 0.1) is 26.4 Å². The molecule has 1 atom stereocenters. The van der Waals surface area contributed by atoms with E-state index in [1.165, 1.54) is 0 Å². The molecule has 0 saturated carbocycles. The minimum absolute atomic E-state index is 0.306. The van der Waals surface area contributed by atoms with Gasteiger partial charge in [0.15, 0.2) is 11.5 Å². The van der Waals surface area contributed by atoms with E-state index in [1.807, 2.05) is 55.5 Å². The number of para-hydroxylation sites is 2. The van der Waals surface area contributed by atoms with Gasteiger partial charge in [-0.05, 0) is 19.1 Å². The minimum atomic E-state index is -0.531. The molecular weight excluding hydrogens is 294 g/mol. The van der Waals surface area contributed by atoms with E-state index >= 15 is 0 Å². The van der Waals surface area contributed by atoms with Crippen LogP contribution in [0.25, 0.3) is 0 Å². The average Bonchev–Trinajstić information content (AvgIpc) is 2.58. The molecule has 1 aromatic rings. The summed E-state index contributed by atoms with van der Waals surface area (Å²) in [6.07, 6.45) is 7.17. The Morgan fingerprint density at radius 3 is 2.74 bits per heavy atom. The molecule has 0 aliphatic carbocycles. The van der Waals surface area contributed by atoms with Crippen LogP contribution >= 0.6 is 0 Å². The van der Waals surface area contributed by atoms with E-state index in [1.54, 1.807) is 7.11 Å². The summed E-state index contributed by atoms with van der Waals surface area (Å²) >= 11 is 0. The molecule has 0 spiro atoms. The predicted octanol–water partition coefficient (Wildman–Crippen LogP) is 2.17. The molecule has 2 N–H and O–H groups in total. The van der Waals surface area contributed by atoms with Crippen LogP contribution in [0.1, 0.15) is 6.92 Å². The third kappa shape index (κ3) is 9.03. The lowest BCUT2D eigenvalue weighted by Crippen LogP contribution is -2.32. The highest BCUT2D eigenvalue weighted by molar-refractivity contribution is 5.39. The Hall–Kier alpha value is -1.82. The number of ether oxygens (including phenoxy) is 3. The van der Waals surface area contributed by atoms with E-state index in [9.17, 15) is 5.11 Å². The maximum atomic E-state index is 9.76. The second-order valence-electron chi connectivity index (χ2n) is 4.85. The number of nitrogens with one attached hydrogen (secondary N) is 1. The normalized spacial score (nSPS) is 12.8. The summed E-state index contributed by atoms with van der Waals surface area (Å²) in [6, 6.07) is 7.52. The fourth-order valence-electron chi connectivity index (χ4n) is 1.82. The van der Waals surface area contributed by atoms with Gasteiger partial charge in [-0.1, -0.05) is 36.4 Å². The Bertz CT molecular complexity index is 474. The zero-order chi connectivity index (χ0) is 16.8. The number of hydrogen-bond acceptors (Lipinski definition) is 5. The maximum Gasteiger partial charge on any atom is 0.161 e. The maximum absolute atomic E-state index is 9.76. The summed E-state index contributed by atoms with van der Waals surface area (Å²) in [5, 5.41) is 12.9. The van der Waals surface area contributed by atoms with Crippen molar-refractivity contribution in [2.24, 2.45) is 0 Å². The molecule has 0 aromatic heterocycles. The molecular formula is C18H27NO4. The highest BCUT2D eigenvalue weighted by atomic mass is 16.5. The van der Waals surface area contributed by atoms with Gasteiger partial charge in [0.1, 0.15) is 6.61 Å². The molecule has 0 bridgehead atoms. The van der Waals surface area contributed by atoms with Crippen molar-refractivity contribution in [2.75, 3.05) is 40.0 Å². The third-order valence-corrected chi connectivity index (χ3v) is 2.95. The topological polar surface area (TPSA) is 60.0 Å². The van der Waals surface area contributed by atoms with Gasteiger partial charge in [0, 0.05) is 13.1 Å². The monoisotopic (exact) mass is 321 g/mol. The third-order valence-electron chi connectivity index (χ3n) is 2.95. The van der Waals surface area contributed by atoms with Gasteiger partial charge >= 0.3 is 0 Å². The van der Waals surface area contributed by atoms with Crippen LogP contribution in [0.15, 0.2) is 48.6 Å². The SMILES string of the molecule is C/C=C/C=C/COC[C@@H](O)CNCCOc1ccccc1OC. The lowest BCUT2D eigenvalue weighted by molar-refractivity contribution is 0.0490. The lowest BCUT2D eigenvalue weighted by atomic mass is 10.3. The van der Waals surface area contributed by atoms with Crippen molar-refractivity contribution in [3.63, 3.8) is 0 Å².